The highest BCUT2D eigenvalue weighted by atomic mass is 32.2. The summed E-state index contributed by atoms with van der Waals surface area (Å²) in [4.78, 5) is 12.1. The summed E-state index contributed by atoms with van der Waals surface area (Å²) in [5.41, 5.74) is 2.11. The SMILES string of the molecule is CC(SCc1ccc(CO)cc1)C(=O)NC1CCCC1. The molecule has 0 saturated heterocycles. The highest BCUT2D eigenvalue weighted by Crippen LogP contribution is 2.21. The van der Waals surface area contributed by atoms with Crippen molar-refractivity contribution >= 4 is 17.7 Å². The quantitative estimate of drug-likeness (QED) is 0.848. The molecule has 110 valence electrons. The number of carbonyl (C=O) groups excluding carboxylic acids is 1. The van der Waals surface area contributed by atoms with Gasteiger partial charge in [-0.15, -0.1) is 11.8 Å². The zero-order chi connectivity index (χ0) is 14.4. The first kappa shape index (κ1) is 15.4. The maximum Gasteiger partial charge on any atom is 0.233 e. The number of carbonyl (C=O) groups is 1. The van der Waals surface area contributed by atoms with Gasteiger partial charge >= 0.3 is 0 Å². The van der Waals surface area contributed by atoms with Crippen LogP contribution in [-0.2, 0) is 17.2 Å². The van der Waals surface area contributed by atoms with Crippen LogP contribution in [-0.4, -0.2) is 22.3 Å². The molecule has 4 heteroatoms. The summed E-state index contributed by atoms with van der Waals surface area (Å²) in [7, 11) is 0. The van der Waals surface area contributed by atoms with E-state index < -0.39 is 0 Å². The predicted octanol–water partition coefficient (Wildman–Crippen LogP) is 2.86. The van der Waals surface area contributed by atoms with Crippen molar-refractivity contribution in [2.24, 2.45) is 0 Å². The third kappa shape index (κ3) is 4.53. The molecule has 1 unspecified atom stereocenters. The fourth-order valence-electron chi connectivity index (χ4n) is 2.43. The zero-order valence-electron chi connectivity index (χ0n) is 12.0. The van der Waals surface area contributed by atoms with Crippen LogP contribution in [0.25, 0.3) is 0 Å². The van der Waals surface area contributed by atoms with Gasteiger partial charge in [0.1, 0.15) is 0 Å². The van der Waals surface area contributed by atoms with Crippen LogP contribution in [0.3, 0.4) is 0 Å². The van der Waals surface area contributed by atoms with Crippen molar-refractivity contribution in [1.29, 1.82) is 0 Å². The lowest BCUT2D eigenvalue weighted by Crippen LogP contribution is -2.37. The van der Waals surface area contributed by atoms with E-state index in [0.717, 1.165) is 24.2 Å². The first-order chi connectivity index (χ1) is 9.69. The summed E-state index contributed by atoms with van der Waals surface area (Å²) in [6.45, 7) is 2.05. The highest BCUT2D eigenvalue weighted by Gasteiger charge is 2.20. The molecule has 0 aromatic heterocycles. The number of nitrogens with one attached hydrogen (secondary N) is 1. The van der Waals surface area contributed by atoms with E-state index in [9.17, 15) is 4.79 Å². The molecule has 1 aliphatic carbocycles. The standard InChI is InChI=1S/C16H23NO2S/c1-12(16(19)17-15-4-2-3-5-15)20-11-14-8-6-13(10-18)7-9-14/h6-9,12,15,18H,2-5,10-11H2,1H3,(H,17,19). The third-order valence-corrected chi connectivity index (χ3v) is 4.99. The van der Waals surface area contributed by atoms with Gasteiger partial charge in [0.2, 0.25) is 5.91 Å². The Morgan fingerprint density at radius 1 is 1.30 bits per heavy atom. The second kappa shape index (κ2) is 7.70. The average molecular weight is 293 g/mol. The van der Waals surface area contributed by atoms with Crippen LogP contribution in [0, 0.1) is 0 Å². The Morgan fingerprint density at radius 2 is 1.90 bits per heavy atom. The Balaban J connectivity index is 1.75. The van der Waals surface area contributed by atoms with Gasteiger partial charge in [-0.05, 0) is 30.9 Å². The Bertz CT molecular complexity index is 427. The van der Waals surface area contributed by atoms with Crippen molar-refractivity contribution < 1.29 is 9.90 Å². The molecule has 1 aliphatic rings. The number of rotatable bonds is 6. The second-order valence-electron chi connectivity index (χ2n) is 5.42. The van der Waals surface area contributed by atoms with E-state index in [0.29, 0.717) is 6.04 Å². The number of thioether (sulfide) groups is 1. The molecule has 1 saturated carbocycles. The van der Waals surface area contributed by atoms with Crippen molar-refractivity contribution in [3.8, 4) is 0 Å². The van der Waals surface area contributed by atoms with Crippen molar-refractivity contribution in [2.45, 2.75) is 56.3 Å². The monoisotopic (exact) mass is 293 g/mol. The lowest BCUT2D eigenvalue weighted by atomic mass is 10.2. The minimum Gasteiger partial charge on any atom is -0.392 e. The maximum atomic E-state index is 12.1. The summed E-state index contributed by atoms with van der Waals surface area (Å²) in [5.74, 6) is 0.985. The first-order valence-corrected chi connectivity index (χ1v) is 8.34. The molecule has 2 rings (SSSR count). The molecule has 1 atom stereocenters. The van der Waals surface area contributed by atoms with Crippen molar-refractivity contribution in [2.75, 3.05) is 0 Å². The second-order valence-corrected chi connectivity index (χ2v) is 6.75. The van der Waals surface area contributed by atoms with Gasteiger partial charge in [0, 0.05) is 11.8 Å². The minimum absolute atomic E-state index is 0.0203. The van der Waals surface area contributed by atoms with Crippen LogP contribution in [0.4, 0.5) is 0 Å². The number of hydrogen-bond donors (Lipinski definition) is 2. The topological polar surface area (TPSA) is 49.3 Å². The van der Waals surface area contributed by atoms with Crippen LogP contribution in [0.1, 0.15) is 43.7 Å². The lowest BCUT2D eigenvalue weighted by molar-refractivity contribution is -0.120. The van der Waals surface area contributed by atoms with Crippen molar-refractivity contribution in [3.63, 3.8) is 0 Å². The van der Waals surface area contributed by atoms with Gasteiger partial charge in [0.25, 0.3) is 0 Å². The minimum atomic E-state index is -0.0203. The summed E-state index contributed by atoms with van der Waals surface area (Å²) in [5, 5.41) is 12.1. The summed E-state index contributed by atoms with van der Waals surface area (Å²) >= 11 is 1.66. The molecule has 1 aromatic rings. The molecule has 2 N–H and O–H groups in total. The van der Waals surface area contributed by atoms with E-state index in [2.05, 4.69) is 5.32 Å². The number of aliphatic hydroxyl groups excluding tert-OH is 1. The van der Waals surface area contributed by atoms with Crippen LogP contribution >= 0.6 is 11.8 Å². The summed E-state index contributed by atoms with van der Waals surface area (Å²) in [6, 6.07) is 8.29. The Labute approximate surface area is 125 Å². The van der Waals surface area contributed by atoms with Crippen LogP contribution in [0.5, 0.6) is 0 Å². The smallest absolute Gasteiger partial charge is 0.233 e. The number of benzene rings is 1. The molecule has 0 radical (unpaired) electrons. The van der Waals surface area contributed by atoms with Gasteiger partial charge < -0.3 is 10.4 Å². The van der Waals surface area contributed by atoms with E-state index >= 15 is 0 Å². The van der Waals surface area contributed by atoms with Crippen LogP contribution in [0.15, 0.2) is 24.3 Å². The average Bonchev–Trinajstić information content (AvgIpc) is 2.98. The van der Waals surface area contributed by atoms with E-state index in [1.54, 1.807) is 11.8 Å². The van der Waals surface area contributed by atoms with Gasteiger partial charge in [-0.3, -0.25) is 4.79 Å². The fourth-order valence-corrected chi connectivity index (χ4v) is 3.28. The third-order valence-electron chi connectivity index (χ3n) is 3.78. The van der Waals surface area contributed by atoms with Gasteiger partial charge in [0.15, 0.2) is 0 Å². The molecule has 3 nitrogen and oxygen atoms in total. The number of aliphatic hydroxyl groups is 1. The summed E-state index contributed by atoms with van der Waals surface area (Å²) < 4.78 is 0. The number of amides is 1. The molecule has 0 bridgehead atoms. The van der Waals surface area contributed by atoms with Crippen molar-refractivity contribution in [1.82, 2.24) is 5.32 Å². The summed E-state index contributed by atoms with van der Waals surface area (Å²) in [6.07, 6.45) is 4.74. The molecule has 1 amide bonds. The van der Waals surface area contributed by atoms with Gasteiger partial charge in [0.05, 0.1) is 11.9 Å². The molecule has 0 heterocycles. The van der Waals surface area contributed by atoms with Gasteiger partial charge in [-0.25, -0.2) is 0 Å². The first-order valence-electron chi connectivity index (χ1n) is 7.29. The highest BCUT2D eigenvalue weighted by molar-refractivity contribution is 7.99. The van der Waals surface area contributed by atoms with Crippen LogP contribution in [0.2, 0.25) is 0 Å². The predicted molar refractivity (Wildman–Crippen MR) is 83.5 cm³/mol. The zero-order valence-corrected chi connectivity index (χ0v) is 12.8. The van der Waals surface area contributed by atoms with Gasteiger partial charge in [-0.2, -0.15) is 0 Å². The molecule has 20 heavy (non-hydrogen) atoms. The van der Waals surface area contributed by atoms with E-state index in [-0.39, 0.29) is 17.8 Å². The molecular formula is C16H23NO2S. The molecule has 1 aromatic carbocycles. The normalized spacial score (nSPS) is 17.1. The Morgan fingerprint density at radius 3 is 2.50 bits per heavy atom. The largest absolute Gasteiger partial charge is 0.392 e. The van der Waals surface area contributed by atoms with E-state index in [1.807, 2.05) is 31.2 Å². The Hall–Kier alpha value is -1.00. The maximum absolute atomic E-state index is 12.1. The fraction of sp³-hybridized carbons (Fsp3) is 0.562. The van der Waals surface area contributed by atoms with Crippen LogP contribution < -0.4 is 5.32 Å². The van der Waals surface area contributed by atoms with Gasteiger partial charge in [-0.1, -0.05) is 37.1 Å². The molecular weight excluding hydrogens is 270 g/mol. The molecule has 0 aliphatic heterocycles. The van der Waals surface area contributed by atoms with E-state index in [4.69, 9.17) is 5.11 Å². The Kier molecular flexibility index (Phi) is 5.92. The number of hydrogen-bond acceptors (Lipinski definition) is 3. The van der Waals surface area contributed by atoms with E-state index in [1.165, 1.54) is 18.4 Å². The lowest BCUT2D eigenvalue weighted by Gasteiger charge is -2.16. The molecule has 1 fully saturated rings. The van der Waals surface area contributed by atoms with Crippen molar-refractivity contribution in [3.05, 3.63) is 35.4 Å². The molecule has 0 spiro atoms.